The van der Waals surface area contributed by atoms with Crippen LogP contribution in [-0.4, -0.2) is 59.0 Å². The van der Waals surface area contributed by atoms with Gasteiger partial charge in [-0.1, -0.05) is 37.5 Å². The molecular formula is C23H37N3O4S2. The van der Waals surface area contributed by atoms with Gasteiger partial charge in [0.2, 0.25) is 0 Å². The summed E-state index contributed by atoms with van der Waals surface area (Å²) in [7, 11) is 0. The number of aromatic nitrogens is 1. The van der Waals surface area contributed by atoms with Crippen molar-refractivity contribution >= 4 is 40.2 Å². The number of thioether (sulfide) groups is 1. The second-order valence-electron chi connectivity index (χ2n) is 8.51. The molecule has 0 aromatic carbocycles. The number of anilines is 1. The van der Waals surface area contributed by atoms with Crippen LogP contribution in [0.2, 0.25) is 0 Å². The largest absolute Gasteiger partial charge is 0.465 e. The van der Waals surface area contributed by atoms with Crippen molar-refractivity contribution in [3.05, 3.63) is 6.20 Å². The number of ether oxygens (including phenoxy) is 2. The Morgan fingerprint density at radius 1 is 1.12 bits per heavy atom. The number of rotatable bonds is 10. The minimum Gasteiger partial charge on any atom is -0.465 e. The van der Waals surface area contributed by atoms with E-state index in [9.17, 15) is 9.59 Å². The molecule has 7 nitrogen and oxygen atoms in total. The Balaban J connectivity index is 1.59. The van der Waals surface area contributed by atoms with Gasteiger partial charge in [-0.3, -0.25) is 10.1 Å². The Morgan fingerprint density at radius 3 is 2.53 bits per heavy atom. The van der Waals surface area contributed by atoms with E-state index in [2.05, 4.69) is 22.1 Å². The van der Waals surface area contributed by atoms with E-state index in [1.807, 2.05) is 0 Å². The first-order valence-corrected chi connectivity index (χ1v) is 13.9. The molecule has 0 bridgehead atoms. The summed E-state index contributed by atoms with van der Waals surface area (Å²) in [6, 6.07) is 0.530. The summed E-state index contributed by atoms with van der Waals surface area (Å²) >= 11 is 2.80. The molecule has 2 saturated carbocycles. The van der Waals surface area contributed by atoms with Crippen LogP contribution in [0.5, 0.6) is 0 Å². The van der Waals surface area contributed by atoms with E-state index < -0.39 is 0 Å². The Hall–Kier alpha value is -1.32. The molecule has 1 aromatic rings. The second kappa shape index (κ2) is 13.4. The number of carbonyl (C=O) groups is 2. The maximum Gasteiger partial charge on any atom is 0.324 e. The standard InChI is InChI=1S/C23H37N3O4S2/c1-3-14-30-19-12-10-18(11-13-19)26(17-8-6-5-7-9-17)23(28)25-22-24-15-21(32-22)31-16-20(27)29-4-2/h15,17-19H,3-14,16H2,1-2H3,(H,24,25,28). The molecule has 0 aliphatic heterocycles. The molecule has 0 atom stereocenters. The predicted octanol–water partition coefficient (Wildman–Crippen LogP) is 5.70. The van der Waals surface area contributed by atoms with Crippen molar-refractivity contribution in [3.8, 4) is 0 Å². The topological polar surface area (TPSA) is 80.8 Å². The fourth-order valence-electron chi connectivity index (χ4n) is 4.64. The monoisotopic (exact) mass is 483 g/mol. The molecule has 2 aliphatic carbocycles. The summed E-state index contributed by atoms with van der Waals surface area (Å²) < 4.78 is 11.8. The van der Waals surface area contributed by atoms with Crippen molar-refractivity contribution in [1.82, 2.24) is 9.88 Å². The van der Waals surface area contributed by atoms with Crippen LogP contribution >= 0.6 is 23.1 Å². The molecule has 0 radical (unpaired) electrons. The van der Waals surface area contributed by atoms with Gasteiger partial charge >= 0.3 is 12.0 Å². The van der Waals surface area contributed by atoms with Crippen LogP contribution in [0.3, 0.4) is 0 Å². The van der Waals surface area contributed by atoms with Crippen molar-refractivity contribution in [2.75, 3.05) is 24.3 Å². The van der Waals surface area contributed by atoms with E-state index in [1.54, 1.807) is 13.1 Å². The average Bonchev–Trinajstić information content (AvgIpc) is 3.25. The average molecular weight is 484 g/mol. The Bertz CT molecular complexity index is 716. The van der Waals surface area contributed by atoms with Crippen LogP contribution < -0.4 is 5.32 Å². The third-order valence-corrected chi connectivity index (χ3v) is 8.21. The van der Waals surface area contributed by atoms with Crippen LogP contribution in [-0.2, 0) is 14.3 Å². The molecule has 2 aliphatic rings. The number of nitrogens with one attached hydrogen (secondary N) is 1. The smallest absolute Gasteiger partial charge is 0.324 e. The molecule has 0 unspecified atom stereocenters. The number of hydrogen-bond donors (Lipinski definition) is 1. The van der Waals surface area contributed by atoms with E-state index in [0.29, 0.717) is 23.9 Å². The quantitative estimate of drug-likeness (QED) is 0.339. The SMILES string of the molecule is CCCOC1CCC(N(C(=O)Nc2ncc(SCC(=O)OCC)s2)C2CCCCC2)CC1. The molecule has 3 rings (SSSR count). The van der Waals surface area contributed by atoms with Gasteiger partial charge in [-0.2, -0.15) is 0 Å². The molecule has 2 amide bonds. The zero-order valence-corrected chi connectivity index (χ0v) is 21.0. The minimum absolute atomic E-state index is 0.0360. The van der Waals surface area contributed by atoms with E-state index in [0.717, 1.165) is 55.8 Å². The Labute approximate surface area is 200 Å². The third-order valence-electron chi connectivity index (χ3n) is 6.13. The van der Waals surface area contributed by atoms with Crippen LogP contribution in [0.1, 0.15) is 78.1 Å². The number of esters is 1. The van der Waals surface area contributed by atoms with Gasteiger partial charge in [0.25, 0.3) is 0 Å². The van der Waals surface area contributed by atoms with Gasteiger partial charge in [-0.25, -0.2) is 9.78 Å². The lowest BCUT2D eigenvalue weighted by Crippen LogP contribution is -2.51. The molecule has 1 N–H and O–H groups in total. The van der Waals surface area contributed by atoms with Gasteiger partial charge < -0.3 is 14.4 Å². The van der Waals surface area contributed by atoms with Crippen LogP contribution in [0.25, 0.3) is 0 Å². The lowest BCUT2D eigenvalue weighted by Gasteiger charge is -2.42. The van der Waals surface area contributed by atoms with Gasteiger partial charge in [-0.05, 0) is 51.9 Å². The Kier molecular flexibility index (Phi) is 10.6. The zero-order chi connectivity index (χ0) is 22.8. The van der Waals surface area contributed by atoms with E-state index >= 15 is 0 Å². The van der Waals surface area contributed by atoms with Crippen molar-refractivity contribution in [2.45, 2.75) is 100 Å². The molecule has 0 saturated heterocycles. The number of hydrogen-bond acceptors (Lipinski definition) is 7. The summed E-state index contributed by atoms with van der Waals surface area (Å²) in [6.07, 6.45) is 12.9. The fourth-order valence-corrected chi connectivity index (χ4v) is 6.30. The molecular weight excluding hydrogens is 446 g/mol. The van der Waals surface area contributed by atoms with E-state index in [4.69, 9.17) is 9.47 Å². The van der Waals surface area contributed by atoms with Crippen molar-refractivity contribution in [1.29, 1.82) is 0 Å². The third kappa shape index (κ3) is 7.63. The summed E-state index contributed by atoms with van der Waals surface area (Å²) in [6.45, 7) is 5.14. The Morgan fingerprint density at radius 2 is 1.84 bits per heavy atom. The van der Waals surface area contributed by atoms with Crippen LogP contribution in [0, 0.1) is 0 Å². The van der Waals surface area contributed by atoms with E-state index in [-0.39, 0.29) is 23.8 Å². The van der Waals surface area contributed by atoms with E-state index in [1.165, 1.54) is 42.4 Å². The first kappa shape index (κ1) is 25.3. The first-order chi connectivity index (χ1) is 15.6. The van der Waals surface area contributed by atoms with Gasteiger partial charge in [0.1, 0.15) is 0 Å². The number of thiazole rings is 1. The maximum absolute atomic E-state index is 13.4. The highest BCUT2D eigenvalue weighted by Gasteiger charge is 2.34. The number of amides is 2. The molecule has 9 heteroatoms. The highest BCUT2D eigenvalue weighted by atomic mass is 32.2. The van der Waals surface area contributed by atoms with Crippen LogP contribution in [0.4, 0.5) is 9.93 Å². The molecule has 1 aromatic heterocycles. The number of carbonyl (C=O) groups excluding carboxylic acids is 2. The minimum atomic E-state index is -0.238. The lowest BCUT2D eigenvalue weighted by atomic mass is 9.88. The lowest BCUT2D eigenvalue weighted by molar-refractivity contribution is -0.139. The highest BCUT2D eigenvalue weighted by molar-refractivity contribution is 8.01. The number of urea groups is 1. The maximum atomic E-state index is 13.4. The molecule has 0 spiro atoms. The molecule has 1 heterocycles. The summed E-state index contributed by atoms with van der Waals surface area (Å²) in [4.78, 5) is 31.5. The molecule has 180 valence electrons. The fraction of sp³-hybridized carbons (Fsp3) is 0.783. The van der Waals surface area contributed by atoms with Gasteiger partial charge in [0, 0.05) is 18.7 Å². The summed E-state index contributed by atoms with van der Waals surface area (Å²) in [5.74, 6) is 0.0134. The predicted molar refractivity (Wildman–Crippen MR) is 129 cm³/mol. The first-order valence-electron chi connectivity index (χ1n) is 12.1. The van der Waals surface area contributed by atoms with Crippen molar-refractivity contribution in [3.63, 3.8) is 0 Å². The normalized spacial score (nSPS) is 21.8. The summed E-state index contributed by atoms with van der Waals surface area (Å²) in [5, 5.41) is 3.63. The van der Waals surface area contributed by atoms with Crippen LogP contribution in [0.15, 0.2) is 10.4 Å². The van der Waals surface area contributed by atoms with Crippen molar-refractivity contribution < 1.29 is 19.1 Å². The zero-order valence-electron chi connectivity index (χ0n) is 19.3. The molecule has 32 heavy (non-hydrogen) atoms. The summed E-state index contributed by atoms with van der Waals surface area (Å²) in [5.41, 5.74) is 0. The molecule has 2 fully saturated rings. The van der Waals surface area contributed by atoms with Crippen molar-refractivity contribution in [2.24, 2.45) is 0 Å². The number of nitrogens with zero attached hydrogens (tertiary/aromatic N) is 2. The van der Waals surface area contributed by atoms with Gasteiger partial charge in [-0.15, -0.1) is 11.8 Å². The second-order valence-corrected chi connectivity index (χ2v) is 10.8. The highest BCUT2D eigenvalue weighted by Crippen LogP contribution is 2.33. The van der Waals surface area contributed by atoms with Gasteiger partial charge in [0.05, 0.1) is 28.9 Å². The van der Waals surface area contributed by atoms with Gasteiger partial charge in [0.15, 0.2) is 5.13 Å².